The number of sulfonamides is 1. The first kappa shape index (κ1) is 15.2. The van der Waals surface area contributed by atoms with Crippen molar-refractivity contribution < 1.29 is 13.2 Å². The normalized spacial score (nSPS) is 11.1. The van der Waals surface area contributed by atoms with E-state index in [4.69, 9.17) is 10.5 Å². The van der Waals surface area contributed by atoms with Crippen molar-refractivity contribution in [3.8, 4) is 5.75 Å². The van der Waals surface area contributed by atoms with E-state index in [-0.39, 0.29) is 10.7 Å². The molecular formula is C13H16N4O3S. The van der Waals surface area contributed by atoms with Crippen LogP contribution in [0.25, 0.3) is 0 Å². The molecule has 2 aromatic rings. The van der Waals surface area contributed by atoms with Crippen molar-refractivity contribution in [3.63, 3.8) is 0 Å². The first-order valence-corrected chi connectivity index (χ1v) is 7.72. The molecule has 8 heteroatoms. The van der Waals surface area contributed by atoms with Gasteiger partial charge in [-0.05, 0) is 48.9 Å². The first-order valence-electron chi connectivity index (χ1n) is 6.24. The second kappa shape index (κ2) is 6.51. The Morgan fingerprint density at radius 3 is 2.76 bits per heavy atom. The van der Waals surface area contributed by atoms with Crippen molar-refractivity contribution in [1.29, 1.82) is 0 Å². The Labute approximate surface area is 123 Å². The Morgan fingerprint density at radius 2 is 2.14 bits per heavy atom. The van der Waals surface area contributed by atoms with Gasteiger partial charge in [0.15, 0.2) is 5.82 Å². The predicted octanol–water partition coefficient (Wildman–Crippen LogP) is 0.787. The molecule has 0 saturated carbocycles. The van der Waals surface area contributed by atoms with Crippen molar-refractivity contribution in [2.24, 2.45) is 5.73 Å². The highest BCUT2D eigenvalue weighted by Gasteiger charge is 2.19. The van der Waals surface area contributed by atoms with Crippen LogP contribution >= 0.6 is 0 Å². The SMILES string of the molecule is COc1ccc(S(=O)(=O)Nc2cccnn2)c(CCN)c1. The second-order valence-corrected chi connectivity index (χ2v) is 5.88. The van der Waals surface area contributed by atoms with Gasteiger partial charge in [-0.3, -0.25) is 4.72 Å². The molecule has 3 N–H and O–H groups in total. The average molecular weight is 308 g/mol. The Hall–Kier alpha value is -2.19. The average Bonchev–Trinajstić information content (AvgIpc) is 2.48. The highest BCUT2D eigenvalue weighted by Crippen LogP contribution is 2.23. The van der Waals surface area contributed by atoms with Crippen LogP contribution in [0.15, 0.2) is 41.4 Å². The third kappa shape index (κ3) is 3.67. The van der Waals surface area contributed by atoms with Crippen molar-refractivity contribution in [1.82, 2.24) is 10.2 Å². The molecule has 0 amide bonds. The van der Waals surface area contributed by atoms with Crippen LogP contribution in [-0.2, 0) is 16.4 Å². The minimum absolute atomic E-state index is 0.152. The summed E-state index contributed by atoms with van der Waals surface area (Å²) in [6.45, 7) is 0.334. The van der Waals surface area contributed by atoms with Crippen LogP contribution in [0, 0.1) is 0 Å². The van der Waals surface area contributed by atoms with Gasteiger partial charge in [0.2, 0.25) is 0 Å². The molecule has 1 heterocycles. The van der Waals surface area contributed by atoms with E-state index in [0.29, 0.717) is 24.3 Å². The summed E-state index contributed by atoms with van der Waals surface area (Å²) in [5, 5.41) is 7.34. The van der Waals surface area contributed by atoms with E-state index in [1.54, 1.807) is 18.2 Å². The van der Waals surface area contributed by atoms with Gasteiger partial charge in [-0.25, -0.2) is 8.42 Å². The fraction of sp³-hybridized carbons (Fsp3) is 0.231. The minimum atomic E-state index is -3.75. The fourth-order valence-electron chi connectivity index (χ4n) is 1.84. The van der Waals surface area contributed by atoms with E-state index in [1.807, 2.05) is 0 Å². The van der Waals surface area contributed by atoms with Crippen LogP contribution in [-0.4, -0.2) is 32.3 Å². The number of nitrogens with one attached hydrogen (secondary N) is 1. The summed E-state index contributed by atoms with van der Waals surface area (Å²) in [5.74, 6) is 0.740. The fourth-order valence-corrected chi connectivity index (χ4v) is 3.09. The highest BCUT2D eigenvalue weighted by atomic mass is 32.2. The third-order valence-corrected chi connectivity index (χ3v) is 4.24. The summed E-state index contributed by atoms with van der Waals surface area (Å²) in [4.78, 5) is 0.152. The molecule has 0 spiro atoms. The van der Waals surface area contributed by atoms with E-state index in [9.17, 15) is 8.42 Å². The van der Waals surface area contributed by atoms with E-state index in [2.05, 4.69) is 14.9 Å². The van der Waals surface area contributed by atoms with Gasteiger partial charge in [-0.1, -0.05) is 0 Å². The van der Waals surface area contributed by atoms with E-state index >= 15 is 0 Å². The van der Waals surface area contributed by atoms with E-state index in [0.717, 1.165) is 0 Å². The smallest absolute Gasteiger partial charge is 0.263 e. The van der Waals surface area contributed by atoms with E-state index in [1.165, 1.54) is 25.4 Å². The van der Waals surface area contributed by atoms with Crippen LogP contribution in [0.3, 0.4) is 0 Å². The molecular weight excluding hydrogens is 292 g/mol. The van der Waals surface area contributed by atoms with Crippen molar-refractivity contribution in [2.45, 2.75) is 11.3 Å². The highest BCUT2D eigenvalue weighted by molar-refractivity contribution is 7.92. The summed E-state index contributed by atoms with van der Waals surface area (Å²) < 4.78 is 32.4. The van der Waals surface area contributed by atoms with Gasteiger partial charge >= 0.3 is 0 Å². The van der Waals surface area contributed by atoms with Crippen LogP contribution in [0.2, 0.25) is 0 Å². The lowest BCUT2D eigenvalue weighted by Gasteiger charge is -2.12. The van der Waals surface area contributed by atoms with Crippen molar-refractivity contribution >= 4 is 15.8 Å². The molecule has 0 unspecified atom stereocenters. The Balaban J connectivity index is 2.39. The zero-order chi connectivity index (χ0) is 15.3. The summed E-state index contributed by atoms with van der Waals surface area (Å²) in [7, 11) is -2.23. The lowest BCUT2D eigenvalue weighted by molar-refractivity contribution is 0.414. The summed E-state index contributed by atoms with van der Waals surface area (Å²) >= 11 is 0. The minimum Gasteiger partial charge on any atom is -0.497 e. The van der Waals surface area contributed by atoms with Gasteiger partial charge in [0, 0.05) is 6.20 Å². The maximum absolute atomic E-state index is 12.4. The lowest BCUT2D eigenvalue weighted by Crippen LogP contribution is -2.17. The first-order chi connectivity index (χ1) is 10.1. The number of ether oxygens (including phenoxy) is 1. The van der Waals surface area contributed by atoms with Gasteiger partial charge in [0.1, 0.15) is 5.75 Å². The predicted molar refractivity (Wildman–Crippen MR) is 78.6 cm³/mol. The molecule has 1 aromatic heterocycles. The van der Waals surface area contributed by atoms with Crippen LogP contribution < -0.4 is 15.2 Å². The molecule has 112 valence electrons. The van der Waals surface area contributed by atoms with Crippen molar-refractivity contribution in [2.75, 3.05) is 18.4 Å². The molecule has 0 radical (unpaired) electrons. The second-order valence-electron chi connectivity index (χ2n) is 4.23. The zero-order valence-electron chi connectivity index (χ0n) is 11.5. The monoisotopic (exact) mass is 308 g/mol. The standard InChI is InChI=1S/C13H16N4O3S/c1-20-11-4-5-12(10(9-11)6-7-14)21(18,19)17-13-3-2-8-15-16-13/h2-5,8-9H,6-7,14H2,1H3,(H,16,17). The van der Waals surface area contributed by atoms with Gasteiger partial charge in [0.25, 0.3) is 10.0 Å². The number of benzene rings is 1. The summed E-state index contributed by atoms with van der Waals surface area (Å²) in [6.07, 6.45) is 1.89. The van der Waals surface area contributed by atoms with Gasteiger partial charge in [-0.2, -0.15) is 5.10 Å². The quantitative estimate of drug-likeness (QED) is 0.817. The molecule has 0 aliphatic carbocycles. The van der Waals surface area contributed by atoms with Crippen LogP contribution in [0.5, 0.6) is 5.75 Å². The van der Waals surface area contributed by atoms with Gasteiger partial charge in [-0.15, -0.1) is 5.10 Å². The Bertz CT molecular complexity index is 705. The van der Waals surface area contributed by atoms with Crippen LogP contribution in [0.1, 0.15) is 5.56 Å². The number of rotatable bonds is 6. The molecule has 2 rings (SSSR count). The molecule has 0 aliphatic heterocycles. The number of methoxy groups -OCH3 is 1. The largest absolute Gasteiger partial charge is 0.497 e. The molecule has 7 nitrogen and oxygen atoms in total. The lowest BCUT2D eigenvalue weighted by atomic mass is 10.1. The number of anilines is 1. The van der Waals surface area contributed by atoms with E-state index < -0.39 is 10.0 Å². The molecule has 1 aromatic carbocycles. The molecule has 0 atom stereocenters. The molecule has 0 aliphatic rings. The Kier molecular flexibility index (Phi) is 4.71. The van der Waals surface area contributed by atoms with Gasteiger partial charge in [0.05, 0.1) is 12.0 Å². The van der Waals surface area contributed by atoms with Crippen molar-refractivity contribution in [3.05, 3.63) is 42.1 Å². The van der Waals surface area contributed by atoms with Gasteiger partial charge < -0.3 is 10.5 Å². The molecule has 21 heavy (non-hydrogen) atoms. The number of nitrogens with two attached hydrogens (primary N) is 1. The molecule has 0 bridgehead atoms. The summed E-state index contributed by atoms with van der Waals surface area (Å²) in [5.41, 5.74) is 6.13. The Morgan fingerprint density at radius 1 is 1.33 bits per heavy atom. The van der Waals surface area contributed by atoms with Crippen LogP contribution in [0.4, 0.5) is 5.82 Å². The number of hydrogen-bond acceptors (Lipinski definition) is 6. The number of hydrogen-bond donors (Lipinski definition) is 2. The maximum Gasteiger partial charge on any atom is 0.263 e. The zero-order valence-corrected chi connectivity index (χ0v) is 12.3. The number of aromatic nitrogens is 2. The molecule has 0 saturated heterocycles. The summed E-state index contributed by atoms with van der Waals surface area (Å²) in [6, 6.07) is 7.86. The topological polar surface area (TPSA) is 107 Å². The molecule has 0 fully saturated rings. The maximum atomic E-state index is 12.4. The third-order valence-electron chi connectivity index (χ3n) is 2.78. The number of nitrogens with zero attached hydrogens (tertiary/aromatic N) is 2.